The zero-order chi connectivity index (χ0) is 11.0. The Hall–Kier alpha value is -1.61. The highest BCUT2D eigenvalue weighted by molar-refractivity contribution is 6.31. The summed E-state index contributed by atoms with van der Waals surface area (Å²) >= 11 is 5.78. The van der Waals surface area contributed by atoms with Gasteiger partial charge in [0.05, 0.1) is 5.52 Å². The average molecular weight is 222 g/mol. The topological polar surface area (TPSA) is 49.9 Å². The maximum absolute atomic E-state index is 11.7. The number of aryl methyl sites for hydroxylation is 1. The van der Waals surface area contributed by atoms with Gasteiger partial charge in [0.15, 0.2) is 5.43 Å². The van der Waals surface area contributed by atoms with E-state index < -0.39 is 0 Å². The normalized spacial score (nSPS) is 10.5. The van der Waals surface area contributed by atoms with Crippen LogP contribution in [0.15, 0.2) is 33.9 Å². The molecular formula is C11H8ClNO2. The van der Waals surface area contributed by atoms with Crippen LogP contribution in [0.3, 0.4) is 0 Å². The number of H-pyrrole nitrogens is 1. The van der Waals surface area contributed by atoms with Crippen molar-refractivity contribution in [3.05, 3.63) is 55.4 Å². The fourth-order valence-electron chi connectivity index (χ4n) is 1.40. The molecule has 0 aliphatic rings. The van der Waals surface area contributed by atoms with Crippen molar-refractivity contribution in [2.75, 3.05) is 0 Å². The monoisotopic (exact) mass is 221 g/mol. The molecule has 0 saturated heterocycles. The van der Waals surface area contributed by atoms with E-state index in [1.807, 2.05) is 0 Å². The first-order valence-electron chi connectivity index (χ1n) is 4.41. The number of benzene rings is 1. The molecule has 2 aromatic rings. The molecule has 0 unspecified atom stereocenters. The number of rotatable bonds is 0. The molecule has 0 aliphatic carbocycles. The maximum atomic E-state index is 11.7. The molecule has 1 N–H and O–H groups in total. The van der Waals surface area contributed by atoms with E-state index in [0.717, 1.165) is 0 Å². The summed E-state index contributed by atoms with van der Waals surface area (Å²) in [7, 11) is 0. The quantitative estimate of drug-likeness (QED) is 0.738. The molecule has 0 amide bonds. The Bertz CT molecular complexity index is 646. The van der Waals surface area contributed by atoms with Crippen LogP contribution in [-0.2, 0) is 0 Å². The molecule has 2 rings (SSSR count). The van der Waals surface area contributed by atoms with Crippen LogP contribution >= 0.6 is 11.6 Å². The van der Waals surface area contributed by atoms with Gasteiger partial charge in [-0.1, -0.05) is 11.6 Å². The first-order valence-corrected chi connectivity index (χ1v) is 4.79. The molecule has 0 bridgehead atoms. The predicted octanol–water partition coefficient (Wildman–Crippen LogP) is 1.85. The largest absolute Gasteiger partial charge is 0.322 e. The minimum absolute atomic E-state index is 0.183. The Labute approximate surface area is 90.3 Å². The van der Waals surface area contributed by atoms with Crippen LogP contribution < -0.4 is 11.0 Å². The molecule has 1 heterocycles. The van der Waals surface area contributed by atoms with Gasteiger partial charge in [-0.2, -0.15) is 0 Å². The summed E-state index contributed by atoms with van der Waals surface area (Å²) in [6.07, 6.45) is 0. The van der Waals surface area contributed by atoms with Gasteiger partial charge in [0.25, 0.3) is 5.56 Å². The summed E-state index contributed by atoms with van der Waals surface area (Å²) in [5, 5.41) is 0.950. The van der Waals surface area contributed by atoms with Gasteiger partial charge in [-0.25, -0.2) is 0 Å². The molecule has 15 heavy (non-hydrogen) atoms. The lowest BCUT2D eigenvalue weighted by atomic mass is 10.2. The van der Waals surface area contributed by atoms with Crippen LogP contribution in [0.4, 0.5) is 0 Å². The molecule has 0 atom stereocenters. The van der Waals surface area contributed by atoms with Crippen LogP contribution in [0.2, 0.25) is 5.02 Å². The molecule has 1 aromatic heterocycles. The summed E-state index contributed by atoms with van der Waals surface area (Å²) in [5.41, 5.74) is 0.403. The third-order valence-electron chi connectivity index (χ3n) is 2.20. The molecule has 4 heteroatoms. The summed E-state index contributed by atoms with van der Waals surface area (Å²) < 4.78 is 0. The number of halogens is 1. The van der Waals surface area contributed by atoms with Crippen molar-refractivity contribution in [2.24, 2.45) is 0 Å². The Morgan fingerprint density at radius 3 is 2.67 bits per heavy atom. The van der Waals surface area contributed by atoms with Crippen LogP contribution in [-0.4, -0.2) is 4.98 Å². The highest BCUT2D eigenvalue weighted by Crippen LogP contribution is 2.13. The van der Waals surface area contributed by atoms with Crippen molar-refractivity contribution in [3.8, 4) is 0 Å². The SMILES string of the molecule is Cc1cc(=O)c2ccc(Cl)cc2[nH]c1=O. The first-order chi connectivity index (χ1) is 7.08. The van der Waals surface area contributed by atoms with Crippen molar-refractivity contribution in [1.82, 2.24) is 4.98 Å². The van der Waals surface area contributed by atoms with E-state index in [4.69, 9.17) is 11.6 Å². The zero-order valence-corrected chi connectivity index (χ0v) is 8.76. The van der Waals surface area contributed by atoms with Crippen molar-refractivity contribution in [2.45, 2.75) is 6.92 Å². The second-order valence-electron chi connectivity index (χ2n) is 3.34. The fourth-order valence-corrected chi connectivity index (χ4v) is 1.57. The van der Waals surface area contributed by atoms with Crippen LogP contribution in [0.1, 0.15) is 5.56 Å². The van der Waals surface area contributed by atoms with E-state index in [1.54, 1.807) is 25.1 Å². The van der Waals surface area contributed by atoms with Crippen LogP contribution in [0.5, 0.6) is 0 Å². The van der Waals surface area contributed by atoms with Crippen LogP contribution in [0, 0.1) is 6.92 Å². The van der Waals surface area contributed by atoms with Gasteiger partial charge in [0, 0.05) is 16.0 Å². The van der Waals surface area contributed by atoms with E-state index in [2.05, 4.69) is 4.98 Å². The smallest absolute Gasteiger partial charge is 0.251 e. The molecular weight excluding hydrogens is 214 g/mol. The molecule has 0 fully saturated rings. The predicted molar refractivity (Wildman–Crippen MR) is 60.6 cm³/mol. The number of aromatic amines is 1. The van der Waals surface area contributed by atoms with Gasteiger partial charge in [-0.3, -0.25) is 9.59 Å². The van der Waals surface area contributed by atoms with Crippen LogP contribution in [0.25, 0.3) is 10.9 Å². The zero-order valence-electron chi connectivity index (χ0n) is 8.00. The molecule has 3 nitrogen and oxygen atoms in total. The van der Waals surface area contributed by atoms with Crippen molar-refractivity contribution >= 4 is 22.5 Å². The van der Waals surface area contributed by atoms with Gasteiger partial charge in [0.2, 0.25) is 0 Å². The van der Waals surface area contributed by atoms with Gasteiger partial charge in [0.1, 0.15) is 0 Å². The molecule has 0 aliphatic heterocycles. The summed E-state index contributed by atoms with van der Waals surface area (Å²) in [6, 6.07) is 6.13. The average Bonchev–Trinajstić information content (AvgIpc) is 2.25. The third-order valence-corrected chi connectivity index (χ3v) is 2.44. The van der Waals surface area contributed by atoms with E-state index in [9.17, 15) is 9.59 Å². The Kier molecular flexibility index (Phi) is 2.32. The van der Waals surface area contributed by atoms with E-state index >= 15 is 0 Å². The number of hydrogen-bond donors (Lipinski definition) is 1. The highest BCUT2D eigenvalue weighted by atomic mass is 35.5. The number of fused-ring (bicyclic) bond motifs is 1. The number of hydrogen-bond acceptors (Lipinski definition) is 2. The Morgan fingerprint density at radius 1 is 1.20 bits per heavy atom. The van der Waals surface area contributed by atoms with Crippen molar-refractivity contribution < 1.29 is 0 Å². The van der Waals surface area contributed by atoms with E-state index in [-0.39, 0.29) is 11.0 Å². The lowest BCUT2D eigenvalue weighted by Crippen LogP contribution is -2.05. The standard InChI is InChI=1S/C11H8ClNO2/c1-6-4-10(14)8-3-2-7(12)5-9(8)13-11(6)15/h2-5H,1H3,(H,13,15). The second-order valence-corrected chi connectivity index (χ2v) is 3.77. The van der Waals surface area contributed by atoms with Crippen molar-refractivity contribution in [3.63, 3.8) is 0 Å². The molecule has 76 valence electrons. The van der Waals surface area contributed by atoms with Crippen molar-refractivity contribution in [1.29, 1.82) is 0 Å². The van der Waals surface area contributed by atoms with Gasteiger partial charge < -0.3 is 4.98 Å². The third kappa shape index (κ3) is 1.78. The Balaban J connectivity index is 3.10. The van der Waals surface area contributed by atoms with Gasteiger partial charge >= 0.3 is 0 Å². The minimum atomic E-state index is -0.274. The lowest BCUT2D eigenvalue weighted by Gasteiger charge is -1.91. The summed E-state index contributed by atoms with van der Waals surface area (Å²) in [4.78, 5) is 25.8. The molecule has 0 saturated carbocycles. The molecule has 0 radical (unpaired) electrons. The second kappa shape index (κ2) is 3.51. The fraction of sp³-hybridized carbons (Fsp3) is 0.0909. The minimum Gasteiger partial charge on any atom is -0.322 e. The van der Waals surface area contributed by atoms with Gasteiger partial charge in [-0.05, 0) is 31.2 Å². The number of nitrogens with one attached hydrogen (secondary N) is 1. The lowest BCUT2D eigenvalue weighted by molar-refractivity contribution is 1.26. The first kappa shape index (κ1) is 9.93. The summed E-state index contributed by atoms with van der Waals surface area (Å²) in [5.74, 6) is 0. The van der Waals surface area contributed by atoms with E-state index in [1.165, 1.54) is 6.07 Å². The Morgan fingerprint density at radius 2 is 1.93 bits per heavy atom. The maximum Gasteiger partial charge on any atom is 0.251 e. The van der Waals surface area contributed by atoms with Gasteiger partial charge in [-0.15, -0.1) is 0 Å². The van der Waals surface area contributed by atoms with E-state index in [0.29, 0.717) is 21.5 Å². The summed E-state index contributed by atoms with van der Waals surface area (Å²) in [6.45, 7) is 1.60. The highest BCUT2D eigenvalue weighted by Gasteiger charge is 2.00. The molecule has 0 spiro atoms. The number of aromatic nitrogens is 1. The molecule has 1 aromatic carbocycles.